The van der Waals surface area contributed by atoms with Crippen LogP contribution in [0.15, 0.2) is 54.0 Å². The Labute approximate surface area is 151 Å². The van der Waals surface area contributed by atoms with Crippen LogP contribution in [0.25, 0.3) is 0 Å². The van der Waals surface area contributed by atoms with E-state index in [2.05, 4.69) is 54.6 Å². The summed E-state index contributed by atoms with van der Waals surface area (Å²) < 4.78 is 0. The monoisotopic (exact) mass is 351 g/mol. The van der Waals surface area contributed by atoms with Gasteiger partial charge in [-0.05, 0) is 47.5 Å². The summed E-state index contributed by atoms with van der Waals surface area (Å²) in [5.74, 6) is 1.07. The largest absolute Gasteiger partial charge is 0.340 e. The number of carbonyl (C=O) groups is 1. The summed E-state index contributed by atoms with van der Waals surface area (Å²) in [4.78, 5) is 17.2. The number of aromatic nitrogens is 1. The molecule has 0 unspecified atom stereocenters. The van der Waals surface area contributed by atoms with Gasteiger partial charge in [-0.2, -0.15) is 0 Å². The van der Waals surface area contributed by atoms with E-state index in [9.17, 15) is 4.79 Å². The zero-order valence-electron chi connectivity index (χ0n) is 14.5. The molecule has 0 saturated carbocycles. The van der Waals surface area contributed by atoms with E-state index in [1.54, 1.807) is 12.3 Å². The number of carbonyl (C=O) groups excluding carboxylic acids is 1. The highest BCUT2D eigenvalue weighted by atomic mass is 32.1. The van der Waals surface area contributed by atoms with Crippen LogP contribution in [-0.2, 0) is 0 Å². The highest BCUT2D eigenvalue weighted by Gasteiger charge is 2.10. The smallest absolute Gasteiger partial charge is 0.265 e. The minimum Gasteiger partial charge on any atom is -0.340 e. The lowest BCUT2D eigenvalue weighted by atomic mass is 9.98. The Morgan fingerprint density at radius 2 is 1.96 bits per heavy atom. The van der Waals surface area contributed by atoms with E-state index in [1.807, 2.05) is 23.6 Å². The van der Waals surface area contributed by atoms with Gasteiger partial charge in [-0.1, -0.05) is 38.1 Å². The highest BCUT2D eigenvalue weighted by Crippen LogP contribution is 2.29. The molecular weight excluding hydrogens is 330 g/mol. The average molecular weight is 351 g/mol. The molecule has 0 radical (unpaired) electrons. The number of hydrogen-bond acceptors (Lipinski definition) is 4. The fourth-order valence-electron chi connectivity index (χ4n) is 2.61. The Morgan fingerprint density at radius 3 is 2.60 bits per heavy atom. The Balaban J connectivity index is 1.74. The van der Waals surface area contributed by atoms with Gasteiger partial charge in [0.1, 0.15) is 5.82 Å². The molecule has 2 heterocycles. The zero-order chi connectivity index (χ0) is 17.8. The van der Waals surface area contributed by atoms with Gasteiger partial charge >= 0.3 is 0 Å². The molecule has 5 heteroatoms. The van der Waals surface area contributed by atoms with Gasteiger partial charge in [0.15, 0.2) is 0 Å². The quantitative estimate of drug-likeness (QED) is 0.632. The third-order valence-electron chi connectivity index (χ3n) is 3.95. The van der Waals surface area contributed by atoms with Crippen LogP contribution < -0.4 is 10.6 Å². The lowest BCUT2D eigenvalue weighted by Crippen LogP contribution is -2.10. The first-order chi connectivity index (χ1) is 12.0. The van der Waals surface area contributed by atoms with E-state index in [0.717, 1.165) is 11.5 Å². The molecule has 0 aliphatic heterocycles. The maximum absolute atomic E-state index is 12.1. The number of thiophene rings is 1. The number of nitrogens with one attached hydrogen (secondary N) is 2. The maximum Gasteiger partial charge on any atom is 0.265 e. The van der Waals surface area contributed by atoms with Crippen LogP contribution in [0.5, 0.6) is 0 Å². The third-order valence-corrected chi connectivity index (χ3v) is 4.82. The van der Waals surface area contributed by atoms with Gasteiger partial charge in [0.25, 0.3) is 5.91 Å². The second-order valence-electron chi connectivity index (χ2n) is 6.18. The van der Waals surface area contributed by atoms with Crippen LogP contribution in [0.2, 0.25) is 0 Å². The molecule has 0 atom stereocenters. The van der Waals surface area contributed by atoms with Crippen LogP contribution in [-0.4, -0.2) is 10.9 Å². The summed E-state index contributed by atoms with van der Waals surface area (Å²) >= 11 is 1.42. The molecule has 3 rings (SSSR count). The van der Waals surface area contributed by atoms with E-state index >= 15 is 0 Å². The molecule has 0 fully saturated rings. The number of pyridine rings is 1. The SMILES string of the molecule is Cc1cccc(C(C)C)c1Nc1ccc(NC(=O)c2cccs2)cn1. The third kappa shape index (κ3) is 4.06. The maximum atomic E-state index is 12.1. The fraction of sp³-hybridized carbons (Fsp3) is 0.200. The van der Waals surface area contributed by atoms with Crippen molar-refractivity contribution in [3.05, 3.63) is 70.0 Å². The Morgan fingerprint density at radius 1 is 1.12 bits per heavy atom. The van der Waals surface area contributed by atoms with E-state index in [1.165, 1.54) is 22.5 Å². The predicted molar refractivity (Wildman–Crippen MR) is 105 cm³/mol. The number of aryl methyl sites for hydroxylation is 1. The molecule has 2 aromatic heterocycles. The first-order valence-electron chi connectivity index (χ1n) is 8.22. The molecule has 0 saturated heterocycles. The van der Waals surface area contributed by atoms with Gasteiger partial charge in [0.2, 0.25) is 0 Å². The van der Waals surface area contributed by atoms with Gasteiger partial charge in [-0.15, -0.1) is 11.3 Å². The number of para-hydroxylation sites is 1. The molecule has 0 bridgehead atoms. The van der Waals surface area contributed by atoms with Crippen LogP contribution in [0, 0.1) is 6.92 Å². The van der Waals surface area contributed by atoms with Crippen LogP contribution in [0.4, 0.5) is 17.2 Å². The summed E-state index contributed by atoms with van der Waals surface area (Å²) in [5.41, 5.74) is 4.22. The van der Waals surface area contributed by atoms with Gasteiger partial charge in [0.05, 0.1) is 16.8 Å². The summed E-state index contributed by atoms with van der Waals surface area (Å²) in [5, 5.41) is 8.15. The van der Waals surface area contributed by atoms with E-state index in [-0.39, 0.29) is 5.91 Å². The van der Waals surface area contributed by atoms with Crippen molar-refractivity contribution >= 4 is 34.4 Å². The molecule has 25 heavy (non-hydrogen) atoms. The molecular formula is C20H21N3OS. The Bertz CT molecular complexity index is 855. The lowest BCUT2D eigenvalue weighted by molar-refractivity contribution is 0.103. The molecule has 128 valence electrons. The normalized spacial score (nSPS) is 10.7. The first kappa shape index (κ1) is 17.2. The van der Waals surface area contributed by atoms with Crippen LogP contribution in [0.3, 0.4) is 0 Å². The number of amides is 1. The van der Waals surface area contributed by atoms with Gasteiger partial charge < -0.3 is 10.6 Å². The van der Waals surface area contributed by atoms with Crippen molar-refractivity contribution in [1.29, 1.82) is 0 Å². The Hall–Kier alpha value is -2.66. The molecule has 4 nitrogen and oxygen atoms in total. The van der Waals surface area contributed by atoms with Crippen LogP contribution >= 0.6 is 11.3 Å². The van der Waals surface area contributed by atoms with Gasteiger partial charge in [0, 0.05) is 5.69 Å². The van der Waals surface area contributed by atoms with Crippen molar-refractivity contribution < 1.29 is 4.79 Å². The van der Waals surface area contributed by atoms with Crippen molar-refractivity contribution in [2.24, 2.45) is 0 Å². The van der Waals surface area contributed by atoms with Crippen molar-refractivity contribution in [2.75, 3.05) is 10.6 Å². The summed E-state index contributed by atoms with van der Waals surface area (Å²) in [6, 6.07) is 13.7. The zero-order valence-corrected chi connectivity index (χ0v) is 15.4. The number of anilines is 3. The lowest BCUT2D eigenvalue weighted by Gasteiger charge is -2.17. The summed E-state index contributed by atoms with van der Waals surface area (Å²) in [7, 11) is 0. The van der Waals surface area contributed by atoms with Crippen molar-refractivity contribution in [1.82, 2.24) is 4.98 Å². The topological polar surface area (TPSA) is 54.0 Å². The van der Waals surface area contributed by atoms with Gasteiger partial charge in [-0.3, -0.25) is 4.79 Å². The molecule has 0 aliphatic rings. The van der Waals surface area contributed by atoms with Crippen molar-refractivity contribution in [2.45, 2.75) is 26.7 Å². The van der Waals surface area contributed by atoms with Crippen molar-refractivity contribution in [3.63, 3.8) is 0 Å². The Kier molecular flexibility index (Phi) is 5.14. The molecule has 0 aliphatic carbocycles. The highest BCUT2D eigenvalue weighted by molar-refractivity contribution is 7.12. The number of nitrogens with zero attached hydrogens (tertiary/aromatic N) is 1. The van der Waals surface area contributed by atoms with Crippen LogP contribution in [0.1, 0.15) is 40.6 Å². The number of benzene rings is 1. The fourth-order valence-corrected chi connectivity index (χ4v) is 3.23. The summed E-state index contributed by atoms with van der Waals surface area (Å²) in [6.45, 7) is 6.44. The van der Waals surface area contributed by atoms with Gasteiger partial charge in [-0.25, -0.2) is 4.98 Å². The molecule has 1 amide bonds. The first-order valence-corrected chi connectivity index (χ1v) is 9.10. The molecule has 0 spiro atoms. The molecule has 3 aromatic rings. The molecule has 2 N–H and O–H groups in total. The number of rotatable bonds is 5. The second-order valence-corrected chi connectivity index (χ2v) is 7.13. The van der Waals surface area contributed by atoms with Crippen molar-refractivity contribution in [3.8, 4) is 0 Å². The average Bonchev–Trinajstić information content (AvgIpc) is 3.13. The standard InChI is InChI=1S/C20H21N3OS/c1-13(2)16-7-4-6-14(3)19(16)23-18-10-9-15(12-21-18)22-20(24)17-8-5-11-25-17/h4-13H,1-3H3,(H,21,23)(H,22,24). The van der Waals surface area contributed by atoms with E-state index in [4.69, 9.17) is 0 Å². The van der Waals surface area contributed by atoms with E-state index < -0.39 is 0 Å². The molecule has 1 aromatic carbocycles. The second kappa shape index (κ2) is 7.49. The number of hydrogen-bond donors (Lipinski definition) is 2. The minimum atomic E-state index is -0.112. The summed E-state index contributed by atoms with van der Waals surface area (Å²) in [6.07, 6.45) is 1.67. The van der Waals surface area contributed by atoms with E-state index in [0.29, 0.717) is 16.5 Å². The minimum absolute atomic E-state index is 0.112. The predicted octanol–water partition coefficient (Wildman–Crippen LogP) is 5.57.